The van der Waals surface area contributed by atoms with E-state index in [4.69, 9.17) is 5.73 Å². The van der Waals surface area contributed by atoms with Crippen LogP contribution in [0.25, 0.3) is 0 Å². The lowest BCUT2D eigenvalue weighted by molar-refractivity contribution is 0.0898. The lowest BCUT2D eigenvalue weighted by Crippen LogP contribution is -2.52. The molecule has 6 nitrogen and oxygen atoms in total. The van der Waals surface area contributed by atoms with E-state index in [0.717, 1.165) is 6.42 Å². The smallest absolute Gasteiger partial charge is 0.251 e. The van der Waals surface area contributed by atoms with Gasteiger partial charge in [-0.3, -0.25) is 4.79 Å². The van der Waals surface area contributed by atoms with Crippen molar-refractivity contribution in [3.05, 3.63) is 29.8 Å². The standard InChI is InChI=1S/C18H31N3O3S.ClH/c1-13(2)11-18(5,12-19)20-17(22)15-7-9-16(10-8-15)25(23,24)21(6)14(3)4;/h7-10,13-14H,11-12,19H2,1-6H3,(H,20,22);1H. The summed E-state index contributed by atoms with van der Waals surface area (Å²) in [6.07, 6.45) is 0.765. The molecule has 0 fully saturated rings. The second kappa shape index (κ2) is 9.69. The normalized spacial score (nSPS) is 14.2. The number of carbonyl (C=O) groups is 1. The molecule has 0 radical (unpaired) electrons. The van der Waals surface area contributed by atoms with Gasteiger partial charge in [0.15, 0.2) is 0 Å². The van der Waals surface area contributed by atoms with Crippen LogP contribution in [0, 0.1) is 5.92 Å². The third-order valence-electron chi connectivity index (χ3n) is 4.25. The Labute approximate surface area is 164 Å². The Kier molecular flexibility index (Phi) is 9.26. The van der Waals surface area contributed by atoms with Gasteiger partial charge in [0.2, 0.25) is 10.0 Å². The number of nitrogens with one attached hydrogen (secondary N) is 1. The maximum atomic E-state index is 12.5. The maximum Gasteiger partial charge on any atom is 0.251 e. The molecule has 0 aliphatic carbocycles. The van der Waals surface area contributed by atoms with E-state index in [1.165, 1.54) is 28.6 Å². The number of hydrogen-bond donors (Lipinski definition) is 2. The van der Waals surface area contributed by atoms with Crippen molar-refractivity contribution in [2.45, 2.75) is 57.5 Å². The highest BCUT2D eigenvalue weighted by atomic mass is 35.5. The number of nitrogens with two attached hydrogens (primary N) is 1. The summed E-state index contributed by atoms with van der Waals surface area (Å²) < 4.78 is 26.2. The van der Waals surface area contributed by atoms with E-state index in [9.17, 15) is 13.2 Å². The first-order valence-corrected chi connectivity index (χ1v) is 9.97. The summed E-state index contributed by atoms with van der Waals surface area (Å²) >= 11 is 0. The largest absolute Gasteiger partial charge is 0.346 e. The molecule has 1 rings (SSSR count). The van der Waals surface area contributed by atoms with E-state index in [0.29, 0.717) is 18.0 Å². The minimum atomic E-state index is -3.55. The zero-order chi connectivity index (χ0) is 19.4. The summed E-state index contributed by atoms with van der Waals surface area (Å²) in [5.74, 6) is 0.141. The Hall–Kier alpha value is -1.15. The van der Waals surface area contributed by atoms with Gasteiger partial charge in [-0.2, -0.15) is 4.31 Å². The molecule has 1 aromatic rings. The first kappa shape index (κ1) is 24.8. The second-order valence-electron chi connectivity index (χ2n) is 7.46. The van der Waals surface area contributed by atoms with Gasteiger partial charge in [-0.1, -0.05) is 13.8 Å². The minimum Gasteiger partial charge on any atom is -0.346 e. The summed E-state index contributed by atoms with van der Waals surface area (Å²) in [5.41, 5.74) is 5.74. The average Bonchev–Trinajstić information content (AvgIpc) is 2.53. The molecule has 26 heavy (non-hydrogen) atoms. The second-order valence-corrected chi connectivity index (χ2v) is 9.45. The summed E-state index contributed by atoms with van der Waals surface area (Å²) in [6.45, 7) is 10.0. The molecule has 0 saturated heterocycles. The Morgan fingerprint density at radius 1 is 1.19 bits per heavy atom. The van der Waals surface area contributed by atoms with E-state index in [1.54, 1.807) is 7.05 Å². The van der Waals surface area contributed by atoms with Crippen LogP contribution in [0.15, 0.2) is 29.2 Å². The number of sulfonamides is 1. The zero-order valence-electron chi connectivity index (χ0n) is 16.4. The van der Waals surface area contributed by atoms with Crippen LogP contribution in [-0.4, -0.2) is 43.8 Å². The highest BCUT2D eigenvalue weighted by molar-refractivity contribution is 7.89. The van der Waals surface area contributed by atoms with E-state index >= 15 is 0 Å². The van der Waals surface area contributed by atoms with Crippen molar-refractivity contribution in [1.82, 2.24) is 9.62 Å². The van der Waals surface area contributed by atoms with Crippen molar-refractivity contribution in [3.8, 4) is 0 Å². The van der Waals surface area contributed by atoms with Gasteiger partial charge in [-0.05, 0) is 57.4 Å². The number of halogens is 1. The van der Waals surface area contributed by atoms with Crippen LogP contribution in [0.3, 0.4) is 0 Å². The molecule has 0 spiro atoms. The SMILES string of the molecule is CC(C)CC(C)(CN)NC(=O)c1ccc(S(=O)(=O)N(C)C(C)C)cc1.Cl. The van der Waals surface area contributed by atoms with Crippen molar-refractivity contribution < 1.29 is 13.2 Å². The molecule has 1 unspecified atom stereocenters. The number of carbonyl (C=O) groups excluding carboxylic acids is 1. The van der Waals surface area contributed by atoms with Gasteiger partial charge in [0.1, 0.15) is 0 Å². The molecule has 3 N–H and O–H groups in total. The van der Waals surface area contributed by atoms with Crippen molar-refractivity contribution in [1.29, 1.82) is 0 Å². The van der Waals surface area contributed by atoms with Crippen LogP contribution in [0.1, 0.15) is 51.4 Å². The van der Waals surface area contributed by atoms with Gasteiger partial charge < -0.3 is 11.1 Å². The zero-order valence-corrected chi connectivity index (χ0v) is 18.1. The van der Waals surface area contributed by atoms with Gasteiger partial charge in [-0.25, -0.2) is 8.42 Å². The van der Waals surface area contributed by atoms with Gasteiger partial charge in [0.05, 0.1) is 4.90 Å². The third kappa shape index (κ3) is 6.23. The number of hydrogen-bond acceptors (Lipinski definition) is 4. The number of amides is 1. The van der Waals surface area contributed by atoms with Gasteiger partial charge >= 0.3 is 0 Å². The molecule has 1 atom stereocenters. The molecule has 0 aliphatic rings. The van der Waals surface area contributed by atoms with Crippen molar-refractivity contribution in [2.24, 2.45) is 11.7 Å². The fourth-order valence-corrected chi connectivity index (χ4v) is 4.02. The van der Waals surface area contributed by atoms with E-state index < -0.39 is 15.6 Å². The minimum absolute atomic E-state index is 0. The molecule has 0 aromatic heterocycles. The molecule has 1 aromatic carbocycles. The predicted molar refractivity (Wildman–Crippen MR) is 108 cm³/mol. The maximum absolute atomic E-state index is 12.5. The monoisotopic (exact) mass is 405 g/mol. The number of rotatable bonds is 8. The van der Waals surface area contributed by atoms with Gasteiger partial charge in [0.25, 0.3) is 5.91 Å². The first-order chi connectivity index (χ1) is 11.4. The molecule has 0 aliphatic heterocycles. The molecular formula is C18H32ClN3O3S. The predicted octanol–water partition coefficient (Wildman–Crippen LogP) is 2.63. The summed E-state index contributed by atoms with van der Waals surface area (Å²) in [5, 5.41) is 2.97. The molecule has 0 heterocycles. The highest BCUT2D eigenvalue weighted by Gasteiger charge is 2.27. The topological polar surface area (TPSA) is 92.5 Å². The van der Waals surface area contributed by atoms with Crippen LogP contribution in [0.4, 0.5) is 0 Å². The van der Waals surface area contributed by atoms with Crippen LogP contribution in [0.5, 0.6) is 0 Å². The van der Waals surface area contributed by atoms with Crippen molar-refractivity contribution in [3.63, 3.8) is 0 Å². The van der Waals surface area contributed by atoms with Gasteiger partial charge in [-0.15, -0.1) is 12.4 Å². The lowest BCUT2D eigenvalue weighted by Gasteiger charge is -2.31. The van der Waals surface area contributed by atoms with Crippen LogP contribution < -0.4 is 11.1 Å². The Balaban J connectivity index is 0.00000625. The molecule has 150 valence electrons. The lowest BCUT2D eigenvalue weighted by atomic mass is 9.90. The Morgan fingerprint density at radius 2 is 1.69 bits per heavy atom. The van der Waals surface area contributed by atoms with Crippen LogP contribution >= 0.6 is 12.4 Å². The molecule has 0 saturated carbocycles. The fraction of sp³-hybridized carbons (Fsp3) is 0.611. The molecule has 8 heteroatoms. The van der Waals surface area contributed by atoms with Crippen LogP contribution in [-0.2, 0) is 10.0 Å². The van der Waals surface area contributed by atoms with Crippen molar-refractivity contribution in [2.75, 3.05) is 13.6 Å². The summed E-state index contributed by atoms with van der Waals surface area (Å²) in [7, 11) is -2.01. The number of benzene rings is 1. The Bertz CT molecular complexity index is 690. The molecule has 0 bridgehead atoms. The van der Waals surface area contributed by atoms with E-state index in [-0.39, 0.29) is 29.3 Å². The summed E-state index contributed by atoms with van der Waals surface area (Å²) in [6, 6.07) is 5.84. The Morgan fingerprint density at radius 3 is 2.08 bits per heavy atom. The summed E-state index contributed by atoms with van der Waals surface area (Å²) in [4.78, 5) is 12.6. The quantitative estimate of drug-likeness (QED) is 0.695. The van der Waals surface area contributed by atoms with E-state index in [2.05, 4.69) is 19.2 Å². The van der Waals surface area contributed by atoms with Crippen molar-refractivity contribution >= 4 is 28.3 Å². The van der Waals surface area contributed by atoms with Gasteiger partial charge in [0, 0.05) is 30.7 Å². The highest BCUT2D eigenvalue weighted by Crippen LogP contribution is 2.19. The van der Waals surface area contributed by atoms with Crippen LogP contribution in [0.2, 0.25) is 0 Å². The third-order valence-corrected chi connectivity index (χ3v) is 6.29. The molecular weight excluding hydrogens is 374 g/mol. The molecule has 1 amide bonds. The fourth-order valence-electron chi connectivity index (χ4n) is 2.65. The average molecular weight is 406 g/mol. The van der Waals surface area contributed by atoms with E-state index in [1.807, 2.05) is 20.8 Å². The first-order valence-electron chi connectivity index (χ1n) is 8.53. The number of nitrogens with zero attached hydrogens (tertiary/aromatic N) is 1.